The van der Waals surface area contributed by atoms with Crippen molar-refractivity contribution in [1.29, 1.82) is 0 Å². The lowest BCUT2D eigenvalue weighted by Gasteiger charge is -1.99. The van der Waals surface area contributed by atoms with Crippen LogP contribution in [0.5, 0.6) is 0 Å². The highest BCUT2D eigenvalue weighted by molar-refractivity contribution is 6.29. The Bertz CT molecular complexity index is 238. The van der Waals surface area contributed by atoms with Crippen LogP contribution in [0.1, 0.15) is 18.5 Å². The summed E-state index contributed by atoms with van der Waals surface area (Å²) in [5.74, 6) is 0. The maximum Gasteiger partial charge on any atom is 0.129 e. The molecular formula is C9H13ClN2. The summed E-state index contributed by atoms with van der Waals surface area (Å²) < 4.78 is 0. The largest absolute Gasteiger partial charge is 0.330 e. The summed E-state index contributed by atoms with van der Waals surface area (Å²) in [4.78, 5) is 4.17. The number of unbranched alkanes of at least 4 members (excludes halogenated alkanes) is 1. The molecule has 0 aliphatic rings. The third-order valence-corrected chi connectivity index (χ3v) is 1.87. The lowest BCUT2D eigenvalue weighted by Crippen LogP contribution is -1.99. The number of pyridine rings is 1. The number of rotatable bonds is 4. The molecule has 0 unspecified atom stereocenters. The fourth-order valence-corrected chi connectivity index (χ4v) is 1.22. The normalized spacial score (nSPS) is 10.2. The zero-order chi connectivity index (χ0) is 8.81. The molecule has 0 aliphatic heterocycles. The Balaban J connectivity index is 2.41. The van der Waals surface area contributed by atoms with Gasteiger partial charge >= 0.3 is 0 Å². The molecule has 0 saturated heterocycles. The number of hydrogen-bond acceptors (Lipinski definition) is 2. The average molecular weight is 185 g/mol. The van der Waals surface area contributed by atoms with Gasteiger partial charge in [-0.25, -0.2) is 4.98 Å². The maximum atomic E-state index is 5.72. The van der Waals surface area contributed by atoms with Crippen LogP contribution in [0.4, 0.5) is 0 Å². The van der Waals surface area contributed by atoms with Crippen molar-refractivity contribution >= 4 is 11.6 Å². The van der Waals surface area contributed by atoms with Gasteiger partial charge in [-0.15, -0.1) is 0 Å². The Labute approximate surface area is 77.8 Å². The smallest absolute Gasteiger partial charge is 0.129 e. The minimum atomic E-state index is 0.570. The maximum absolute atomic E-state index is 5.72. The molecule has 3 heteroatoms. The minimum Gasteiger partial charge on any atom is -0.330 e. The van der Waals surface area contributed by atoms with Gasteiger partial charge in [0.25, 0.3) is 0 Å². The van der Waals surface area contributed by atoms with Crippen LogP contribution < -0.4 is 5.73 Å². The lowest BCUT2D eigenvalue weighted by molar-refractivity contribution is 0.733. The van der Waals surface area contributed by atoms with Crippen molar-refractivity contribution in [2.75, 3.05) is 6.54 Å². The van der Waals surface area contributed by atoms with Crippen molar-refractivity contribution in [1.82, 2.24) is 4.98 Å². The van der Waals surface area contributed by atoms with Crippen LogP contribution in [0, 0.1) is 0 Å². The summed E-state index contributed by atoms with van der Waals surface area (Å²) in [6, 6.07) is 5.70. The van der Waals surface area contributed by atoms with Crippen LogP contribution in [-0.4, -0.2) is 11.5 Å². The summed E-state index contributed by atoms with van der Waals surface area (Å²) in [6.07, 6.45) is 3.11. The van der Waals surface area contributed by atoms with E-state index in [-0.39, 0.29) is 0 Å². The van der Waals surface area contributed by atoms with E-state index in [9.17, 15) is 0 Å². The van der Waals surface area contributed by atoms with Gasteiger partial charge in [0.1, 0.15) is 5.15 Å². The van der Waals surface area contributed by atoms with Gasteiger partial charge in [-0.05, 0) is 37.9 Å². The molecule has 1 aromatic rings. The molecule has 0 aromatic carbocycles. The highest BCUT2D eigenvalue weighted by atomic mass is 35.5. The van der Waals surface area contributed by atoms with E-state index in [1.54, 1.807) is 6.07 Å². The Morgan fingerprint density at radius 1 is 1.33 bits per heavy atom. The van der Waals surface area contributed by atoms with Crippen LogP contribution in [0.25, 0.3) is 0 Å². The average Bonchev–Trinajstić information content (AvgIpc) is 2.05. The molecule has 1 rings (SSSR count). The van der Waals surface area contributed by atoms with E-state index in [1.165, 1.54) is 0 Å². The first-order chi connectivity index (χ1) is 5.83. The van der Waals surface area contributed by atoms with Gasteiger partial charge in [-0.1, -0.05) is 17.7 Å². The summed E-state index contributed by atoms with van der Waals surface area (Å²) in [6.45, 7) is 0.751. The Morgan fingerprint density at radius 3 is 2.83 bits per heavy atom. The fourth-order valence-electron chi connectivity index (χ4n) is 1.04. The van der Waals surface area contributed by atoms with E-state index in [1.807, 2.05) is 12.1 Å². The van der Waals surface area contributed by atoms with Crippen molar-refractivity contribution < 1.29 is 0 Å². The number of aromatic nitrogens is 1. The third kappa shape index (κ3) is 3.20. The summed E-state index contributed by atoms with van der Waals surface area (Å²) in [7, 11) is 0. The first kappa shape index (κ1) is 9.49. The van der Waals surface area contributed by atoms with Crippen LogP contribution in [-0.2, 0) is 6.42 Å². The summed E-state index contributed by atoms with van der Waals surface area (Å²) in [5, 5.41) is 0.570. The number of halogens is 1. The van der Waals surface area contributed by atoms with Crippen molar-refractivity contribution in [2.24, 2.45) is 5.73 Å². The Morgan fingerprint density at radius 2 is 2.17 bits per heavy atom. The molecule has 1 heterocycles. The molecule has 0 fully saturated rings. The number of nitrogens with zero attached hydrogens (tertiary/aromatic N) is 1. The van der Waals surface area contributed by atoms with Crippen molar-refractivity contribution in [3.8, 4) is 0 Å². The van der Waals surface area contributed by atoms with Gasteiger partial charge in [-0.3, -0.25) is 0 Å². The van der Waals surface area contributed by atoms with Crippen molar-refractivity contribution in [3.05, 3.63) is 29.0 Å². The number of hydrogen-bond donors (Lipinski definition) is 1. The SMILES string of the molecule is NCCCCc1cccc(Cl)n1. The predicted molar refractivity (Wildman–Crippen MR) is 51.2 cm³/mol. The van der Waals surface area contributed by atoms with Crippen LogP contribution in [0.2, 0.25) is 5.15 Å². The standard InChI is InChI=1S/C9H13ClN2/c10-9-6-3-5-8(12-9)4-1-2-7-11/h3,5-6H,1-2,4,7,11H2. The van der Waals surface area contributed by atoms with Gasteiger partial charge in [0.2, 0.25) is 0 Å². The van der Waals surface area contributed by atoms with E-state index < -0.39 is 0 Å². The Hall–Kier alpha value is -0.600. The molecule has 2 nitrogen and oxygen atoms in total. The van der Waals surface area contributed by atoms with Gasteiger partial charge in [0.15, 0.2) is 0 Å². The van der Waals surface area contributed by atoms with E-state index in [0.29, 0.717) is 5.15 Å². The second-order valence-electron chi connectivity index (χ2n) is 2.70. The molecule has 1 aromatic heterocycles. The molecule has 0 bridgehead atoms. The quantitative estimate of drug-likeness (QED) is 0.575. The molecule has 66 valence electrons. The van der Waals surface area contributed by atoms with Gasteiger partial charge in [0.05, 0.1) is 0 Å². The first-order valence-electron chi connectivity index (χ1n) is 4.14. The molecule has 0 amide bonds. The summed E-state index contributed by atoms with van der Waals surface area (Å²) >= 11 is 5.72. The van der Waals surface area contributed by atoms with E-state index in [2.05, 4.69) is 4.98 Å². The molecule has 0 radical (unpaired) electrons. The molecule has 0 spiro atoms. The summed E-state index contributed by atoms with van der Waals surface area (Å²) in [5.41, 5.74) is 6.43. The van der Waals surface area contributed by atoms with E-state index in [0.717, 1.165) is 31.5 Å². The third-order valence-electron chi connectivity index (χ3n) is 1.66. The van der Waals surface area contributed by atoms with Crippen LogP contribution >= 0.6 is 11.6 Å². The second-order valence-corrected chi connectivity index (χ2v) is 3.08. The van der Waals surface area contributed by atoms with E-state index >= 15 is 0 Å². The zero-order valence-electron chi connectivity index (χ0n) is 6.96. The van der Waals surface area contributed by atoms with Gasteiger partial charge < -0.3 is 5.73 Å². The first-order valence-corrected chi connectivity index (χ1v) is 4.52. The van der Waals surface area contributed by atoms with E-state index in [4.69, 9.17) is 17.3 Å². The molecule has 0 aliphatic carbocycles. The topological polar surface area (TPSA) is 38.9 Å². The van der Waals surface area contributed by atoms with Gasteiger partial charge in [-0.2, -0.15) is 0 Å². The van der Waals surface area contributed by atoms with Crippen LogP contribution in [0.15, 0.2) is 18.2 Å². The molecule has 12 heavy (non-hydrogen) atoms. The number of nitrogens with two attached hydrogens (primary N) is 1. The highest BCUT2D eigenvalue weighted by Crippen LogP contribution is 2.07. The highest BCUT2D eigenvalue weighted by Gasteiger charge is 1.94. The predicted octanol–water partition coefficient (Wildman–Crippen LogP) is 2.02. The number of aryl methyl sites for hydroxylation is 1. The second kappa shape index (κ2) is 5.12. The van der Waals surface area contributed by atoms with Gasteiger partial charge in [0, 0.05) is 5.69 Å². The lowest BCUT2D eigenvalue weighted by atomic mass is 10.2. The van der Waals surface area contributed by atoms with Crippen molar-refractivity contribution in [2.45, 2.75) is 19.3 Å². The fraction of sp³-hybridized carbons (Fsp3) is 0.444. The molecular weight excluding hydrogens is 172 g/mol. The molecule has 0 saturated carbocycles. The molecule has 2 N–H and O–H groups in total. The van der Waals surface area contributed by atoms with Crippen molar-refractivity contribution in [3.63, 3.8) is 0 Å². The van der Waals surface area contributed by atoms with Crippen LogP contribution in [0.3, 0.4) is 0 Å². The monoisotopic (exact) mass is 184 g/mol. The molecule has 0 atom stereocenters. The minimum absolute atomic E-state index is 0.570. The Kier molecular flexibility index (Phi) is 4.05. The zero-order valence-corrected chi connectivity index (χ0v) is 7.72.